The zero-order chi connectivity index (χ0) is 16.4. The number of benzene rings is 1. The third-order valence-electron chi connectivity index (χ3n) is 4.36. The first-order chi connectivity index (χ1) is 11.8. The van der Waals surface area contributed by atoms with Gasteiger partial charge in [-0.2, -0.15) is 0 Å². The van der Waals surface area contributed by atoms with E-state index in [1.54, 1.807) is 0 Å². The number of fused-ring (bicyclic) bond motifs is 1. The Morgan fingerprint density at radius 1 is 1.17 bits per heavy atom. The second kappa shape index (κ2) is 6.70. The Balaban J connectivity index is 1.54. The van der Waals surface area contributed by atoms with Crippen LogP contribution in [-0.2, 0) is 0 Å². The molecule has 1 saturated heterocycles. The van der Waals surface area contributed by atoms with Crippen molar-refractivity contribution in [3.05, 3.63) is 47.0 Å². The van der Waals surface area contributed by atoms with Crippen molar-refractivity contribution in [1.29, 1.82) is 0 Å². The van der Waals surface area contributed by atoms with Gasteiger partial charge in [0.2, 0.25) is 0 Å². The first-order valence-corrected chi connectivity index (χ1v) is 8.46. The van der Waals surface area contributed by atoms with Gasteiger partial charge in [0.25, 0.3) is 0 Å². The summed E-state index contributed by atoms with van der Waals surface area (Å²) in [6.07, 6.45) is 2.48. The smallest absolute Gasteiger partial charge is 0.200 e. The minimum absolute atomic E-state index is 0.262. The summed E-state index contributed by atoms with van der Waals surface area (Å²) in [7, 11) is 0. The average molecular weight is 344 g/mol. The molecule has 124 valence electrons. The van der Waals surface area contributed by atoms with E-state index in [-0.39, 0.29) is 6.04 Å². The van der Waals surface area contributed by atoms with Crippen LogP contribution in [0.4, 0.5) is 5.82 Å². The van der Waals surface area contributed by atoms with E-state index in [1.165, 1.54) is 23.0 Å². The topological polar surface area (TPSA) is 71.2 Å². The summed E-state index contributed by atoms with van der Waals surface area (Å²) < 4.78 is 1.42. The van der Waals surface area contributed by atoms with E-state index < -0.39 is 0 Å². The number of halogens is 1. The Kier molecular flexibility index (Phi) is 4.27. The van der Waals surface area contributed by atoms with Gasteiger partial charge >= 0.3 is 0 Å². The molecule has 2 aromatic heterocycles. The molecule has 1 N–H and O–H groups in total. The highest BCUT2D eigenvalue weighted by molar-refractivity contribution is 6.30. The number of aromatic nitrogens is 5. The molecule has 0 bridgehead atoms. The molecule has 0 saturated carbocycles. The summed E-state index contributed by atoms with van der Waals surface area (Å²) in [6, 6.07) is 12.1. The molecule has 1 aliphatic heterocycles. The first-order valence-electron chi connectivity index (χ1n) is 8.08. The lowest BCUT2D eigenvalue weighted by Crippen LogP contribution is -2.31. The van der Waals surface area contributed by atoms with Crippen molar-refractivity contribution >= 4 is 23.1 Å². The van der Waals surface area contributed by atoms with E-state index in [0.29, 0.717) is 5.65 Å². The van der Waals surface area contributed by atoms with Crippen LogP contribution in [0.15, 0.2) is 36.4 Å². The lowest BCUT2D eigenvalue weighted by atomic mass is 10.1. The molecule has 1 fully saturated rings. The third kappa shape index (κ3) is 3.18. The normalized spacial score (nSPS) is 16.5. The number of anilines is 1. The van der Waals surface area contributed by atoms with E-state index in [0.717, 1.165) is 30.5 Å². The molecule has 0 unspecified atom stereocenters. The van der Waals surface area contributed by atoms with Crippen LogP contribution >= 0.6 is 11.6 Å². The van der Waals surface area contributed by atoms with Crippen LogP contribution in [0.25, 0.3) is 5.65 Å². The Morgan fingerprint density at radius 3 is 2.88 bits per heavy atom. The van der Waals surface area contributed by atoms with Gasteiger partial charge in [0.15, 0.2) is 5.65 Å². The number of nitrogens with one attached hydrogen (secondary N) is 1. The largest absolute Gasteiger partial charge is 0.367 e. The van der Waals surface area contributed by atoms with E-state index in [2.05, 4.69) is 36.9 Å². The van der Waals surface area contributed by atoms with Gasteiger partial charge in [0.05, 0.1) is 6.04 Å². The van der Waals surface area contributed by atoms with E-state index in [9.17, 15) is 0 Å². The number of hydrogen-bond acceptors (Lipinski definition) is 6. The van der Waals surface area contributed by atoms with Crippen LogP contribution in [0, 0.1) is 0 Å². The van der Waals surface area contributed by atoms with E-state index in [1.807, 2.05) is 30.3 Å². The Bertz CT molecular complexity index is 828. The Labute approximate surface area is 144 Å². The molecule has 0 spiro atoms. The average Bonchev–Trinajstić information content (AvgIpc) is 3.26. The van der Waals surface area contributed by atoms with Gasteiger partial charge < -0.3 is 5.32 Å². The van der Waals surface area contributed by atoms with Gasteiger partial charge in [0, 0.05) is 11.6 Å². The molecule has 3 aromatic rings. The minimum Gasteiger partial charge on any atom is -0.367 e. The Morgan fingerprint density at radius 2 is 2.04 bits per heavy atom. The SMILES string of the molecule is Clc1cccc([C@H](CNc2ccc3nnnn3n2)N2CCCC2)c1. The lowest BCUT2D eigenvalue weighted by molar-refractivity contribution is 0.256. The summed E-state index contributed by atoms with van der Waals surface area (Å²) >= 11 is 6.19. The van der Waals surface area contributed by atoms with E-state index in [4.69, 9.17) is 11.6 Å². The van der Waals surface area contributed by atoms with Crippen molar-refractivity contribution in [3.8, 4) is 0 Å². The fraction of sp³-hybridized carbons (Fsp3) is 0.375. The van der Waals surface area contributed by atoms with Gasteiger partial charge in [-0.05, 0) is 66.2 Å². The number of likely N-dealkylation sites (tertiary alicyclic amines) is 1. The van der Waals surface area contributed by atoms with Gasteiger partial charge in [-0.3, -0.25) is 4.90 Å². The van der Waals surface area contributed by atoms with Crippen LogP contribution in [0.2, 0.25) is 5.02 Å². The summed E-state index contributed by atoms with van der Waals surface area (Å²) in [5.41, 5.74) is 1.85. The zero-order valence-electron chi connectivity index (χ0n) is 13.1. The molecule has 1 atom stereocenters. The molecule has 1 aromatic carbocycles. The van der Waals surface area contributed by atoms with Crippen molar-refractivity contribution in [1.82, 2.24) is 30.2 Å². The standard InChI is InChI=1S/C16H18ClN7/c17-13-5-3-4-12(10-13)14(23-8-1-2-9-23)11-18-15-6-7-16-19-21-22-24(16)20-15/h3-7,10,14H,1-2,8-9,11H2,(H,18,20)/t14-/m0/s1. The van der Waals surface area contributed by atoms with Crippen LogP contribution in [0.1, 0.15) is 24.4 Å². The van der Waals surface area contributed by atoms with Crippen LogP contribution in [0.5, 0.6) is 0 Å². The van der Waals surface area contributed by atoms with Crippen LogP contribution in [-0.4, -0.2) is 49.8 Å². The van der Waals surface area contributed by atoms with Crippen LogP contribution < -0.4 is 5.32 Å². The van der Waals surface area contributed by atoms with Crippen molar-refractivity contribution in [2.45, 2.75) is 18.9 Å². The highest BCUT2D eigenvalue weighted by Gasteiger charge is 2.23. The van der Waals surface area contributed by atoms with Gasteiger partial charge in [-0.15, -0.1) is 14.8 Å². The van der Waals surface area contributed by atoms with Crippen molar-refractivity contribution < 1.29 is 0 Å². The third-order valence-corrected chi connectivity index (χ3v) is 4.60. The molecule has 1 aliphatic rings. The number of rotatable bonds is 5. The molecular formula is C16H18ClN7. The highest BCUT2D eigenvalue weighted by atomic mass is 35.5. The van der Waals surface area contributed by atoms with Gasteiger partial charge in [-0.1, -0.05) is 23.7 Å². The number of hydrogen-bond donors (Lipinski definition) is 1. The van der Waals surface area contributed by atoms with Crippen molar-refractivity contribution in [2.75, 3.05) is 25.0 Å². The monoisotopic (exact) mass is 343 g/mol. The molecule has 0 amide bonds. The molecule has 24 heavy (non-hydrogen) atoms. The molecule has 0 radical (unpaired) electrons. The first kappa shape index (κ1) is 15.3. The summed E-state index contributed by atoms with van der Waals surface area (Å²) in [4.78, 5) is 2.49. The zero-order valence-corrected chi connectivity index (χ0v) is 13.9. The minimum atomic E-state index is 0.262. The summed E-state index contributed by atoms with van der Waals surface area (Å²) in [5.74, 6) is 0.751. The summed E-state index contributed by atoms with van der Waals surface area (Å²) in [5, 5.41) is 19.8. The Hall–Kier alpha value is -2.25. The fourth-order valence-electron chi connectivity index (χ4n) is 3.17. The number of tetrazole rings is 1. The molecule has 8 heteroatoms. The second-order valence-electron chi connectivity index (χ2n) is 5.94. The molecule has 7 nitrogen and oxygen atoms in total. The maximum absolute atomic E-state index is 6.19. The molecule has 4 rings (SSSR count). The molecule has 0 aliphatic carbocycles. The quantitative estimate of drug-likeness (QED) is 0.767. The number of nitrogens with zero attached hydrogens (tertiary/aromatic N) is 6. The molecular weight excluding hydrogens is 326 g/mol. The second-order valence-corrected chi connectivity index (χ2v) is 6.38. The predicted molar refractivity (Wildman–Crippen MR) is 92.1 cm³/mol. The predicted octanol–water partition coefficient (Wildman–Crippen LogP) is 2.42. The van der Waals surface area contributed by atoms with Crippen molar-refractivity contribution in [3.63, 3.8) is 0 Å². The van der Waals surface area contributed by atoms with Crippen molar-refractivity contribution in [2.24, 2.45) is 0 Å². The van der Waals surface area contributed by atoms with Gasteiger partial charge in [-0.25, -0.2) is 0 Å². The van der Waals surface area contributed by atoms with E-state index >= 15 is 0 Å². The summed E-state index contributed by atoms with van der Waals surface area (Å²) in [6.45, 7) is 2.97. The van der Waals surface area contributed by atoms with Gasteiger partial charge in [0.1, 0.15) is 5.82 Å². The molecule has 3 heterocycles. The highest BCUT2D eigenvalue weighted by Crippen LogP contribution is 2.27. The lowest BCUT2D eigenvalue weighted by Gasteiger charge is -2.28. The van der Waals surface area contributed by atoms with Crippen LogP contribution in [0.3, 0.4) is 0 Å². The fourth-order valence-corrected chi connectivity index (χ4v) is 3.37. The maximum atomic E-state index is 6.19. The maximum Gasteiger partial charge on any atom is 0.200 e.